The minimum absolute atomic E-state index is 0.165. The van der Waals surface area contributed by atoms with Crippen molar-refractivity contribution in [2.24, 2.45) is 5.92 Å². The molecular weight excluding hydrogens is 232 g/mol. The summed E-state index contributed by atoms with van der Waals surface area (Å²) in [6.07, 6.45) is 5.23. The molecule has 2 atom stereocenters. The van der Waals surface area contributed by atoms with Crippen LogP contribution in [-0.2, 0) is 19.1 Å². The van der Waals surface area contributed by atoms with Gasteiger partial charge < -0.3 is 4.74 Å². The first-order valence-electron chi connectivity index (χ1n) is 6.82. The van der Waals surface area contributed by atoms with E-state index in [1.54, 1.807) is 6.92 Å². The fraction of sp³-hybridized carbons (Fsp3) is 0.786. The molecule has 0 aromatic rings. The molecule has 0 aromatic carbocycles. The number of carbonyl (C=O) groups is 3. The first-order valence-corrected chi connectivity index (χ1v) is 6.82. The summed E-state index contributed by atoms with van der Waals surface area (Å²) in [6, 6.07) is 0. The zero-order valence-corrected chi connectivity index (χ0v) is 11.2. The fourth-order valence-electron chi connectivity index (χ4n) is 2.20. The van der Waals surface area contributed by atoms with Crippen LogP contribution < -0.4 is 0 Å². The van der Waals surface area contributed by atoms with Gasteiger partial charge in [-0.25, -0.2) is 0 Å². The Balaban J connectivity index is 2.36. The van der Waals surface area contributed by atoms with Crippen LogP contribution in [0.25, 0.3) is 0 Å². The summed E-state index contributed by atoms with van der Waals surface area (Å²) in [5.41, 5.74) is 0. The van der Waals surface area contributed by atoms with Crippen LogP contribution in [0.1, 0.15) is 58.8 Å². The van der Waals surface area contributed by atoms with Gasteiger partial charge in [0.1, 0.15) is 6.10 Å². The van der Waals surface area contributed by atoms with E-state index in [2.05, 4.69) is 6.92 Å². The molecule has 1 heterocycles. The predicted molar refractivity (Wildman–Crippen MR) is 67.1 cm³/mol. The van der Waals surface area contributed by atoms with Crippen molar-refractivity contribution in [1.82, 2.24) is 0 Å². The Labute approximate surface area is 108 Å². The number of ketones is 2. The lowest BCUT2D eigenvalue weighted by Crippen LogP contribution is -2.41. The van der Waals surface area contributed by atoms with Crippen LogP contribution in [0.15, 0.2) is 0 Å². The van der Waals surface area contributed by atoms with Crippen molar-refractivity contribution in [3.63, 3.8) is 0 Å². The smallest absolute Gasteiger partial charge is 0.324 e. The number of cyclic esters (lactones) is 1. The molecule has 0 bridgehead atoms. The number of Topliss-reactive ketones (excluding diaryl/α,β-unsaturated/α-hetero) is 2. The van der Waals surface area contributed by atoms with E-state index in [1.165, 1.54) is 0 Å². The van der Waals surface area contributed by atoms with Crippen LogP contribution in [0.2, 0.25) is 0 Å². The number of esters is 1. The molecule has 0 radical (unpaired) electrons. The Morgan fingerprint density at radius 2 is 1.89 bits per heavy atom. The van der Waals surface area contributed by atoms with E-state index < -0.39 is 18.0 Å². The van der Waals surface area contributed by atoms with Gasteiger partial charge in [0.05, 0.1) is 0 Å². The van der Waals surface area contributed by atoms with Gasteiger partial charge in [0.2, 0.25) is 0 Å². The molecule has 0 spiro atoms. The average Bonchev–Trinajstić information content (AvgIpc) is 2.27. The van der Waals surface area contributed by atoms with E-state index in [9.17, 15) is 14.4 Å². The quantitative estimate of drug-likeness (QED) is 0.398. The fourth-order valence-corrected chi connectivity index (χ4v) is 2.20. The van der Waals surface area contributed by atoms with Crippen molar-refractivity contribution in [2.45, 2.75) is 64.9 Å². The highest BCUT2D eigenvalue weighted by atomic mass is 16.5. The molecule has 0 saturated carbocycles. The predicted octanol–water partition coefficient (Wildman–Crippen LogP) is 2.44. The number of hydrogen-bond acceptors (Lipinski definition) is 4. The van der Waals surface area contributed by atoms with Crippen molar-refractivity contribution in [3.8, 4) is 0 Å². The molecule has 4 heteroatoms. The highest BCUT2D eigenvalue weighted by Crippen LogP contribution is 2.20. The third kappa shape index (κ3) is 4.24. The Kier molecular flexibility index (Phi) is 6.02. The van der Waals surface area contributed by atoms with Gasteiger partial charge in [-0.05, 0) is 13.3 Å². The van der Waals surface area contributed by atoms with E-state index in [-0.39, 0.29) is 18.0 Å². The molecular formula is C14H22O4. The van der Waals surface area contributed by atoms with Gasteiger partial charge >= 0.3 is 5.97 Å². The van der Waals surface area contributed by atoms with Crippen LogP contribution in [0.5, 0.6) is 0 Å². The Morgan fingerprint density at radius 3 is 2.50 bits per heavy atom. The van der Waals surface area contributed by atoms with Crippen LogP contribution in [0.4, 0.5) is 0 Å². The number of rotatable bonds is 7. The molecule has 102 valence electrons. The normalized spacial score (nSPS) is 23.9. The minimum atomic E-state index is -1.15. The summed E-state index contributed by atoms with van der Waals surface area (Å²) in [5, 5.41) is 0. The molecule has 1 fully saturated rings. The Bertz CT molecular complexity index is 304. The number of carbonyl (C=O) groups excluding carboxylic acids is 3. The molecule has 0 N–H and O–H groups in total. The molecule has 2 unspecified atom stereocenters. The highest BCUT2D eigenvalue weighted by molar-refractivity contribution is 6.18. The monoisotopic (exact) mass is 254 g/mol. The van der Waals surface area contributed by atoms with Crippen LogP contribution >= 0.6 is 0 Å². The zero-order chi connectivity index (χ0) is 13.5. The maximum Gasteiger partial charge on any atom is 0.324 e. The molecule has 18 heavy (non-hydrogen) atoms. The second-order valence-electron chi connectivity index (χ2n) is 4.98. The standard InChI is InChI=1S/C14H22O4/c1-3-4-5-6-7-8-11(15)13-12(16)9-10(2)18-14(13)17/h10,13H,3-9H2,1-2H3. The lowest BCUT2D eigenvalue weighted by molar-refractivity contribution is -0.165. The lowest BCUT2D eigenvalue weighted by Gasteiger charge is -2.23. The average molecular weight is 254 g/mol. The third-order valence-electron chi connectivity index (χ3n) is 3.21. The highest BCUT2D eigenvalue weighted by Gasteiger charge is 2.39. The van der Waals surface area contributed by atoms with E-state index >= 15 is 0 Å². The maximum atomic E-state index is 11.8. The number of ether oxygens (including phenoxy) is 1. The van der Waals surface area contributed by atoms with Crippen LogP contribution in [0, 0.1) is 5.92 Å². The molecule has 1 rings (SSSR count). The summed E-state index contributed by atoms with van der Waals surface area (Å²) < 4.78 is 4.95. The summed E-state index contributed by atoms with van der Waals surface area (Å²) >= 11 is 0. The molecule has 0 aliphatic carbocycles. The molecule has 0 amide bonds. The van der Waals surface area contributed by atoms with Gasteiger partial charge in [-0.3, -0.25) is 14.4 Å². The Hall–Kier alpha value is -1.19. The summed E-state index contributed by atoms with van der Waals surface area (Å²) in [7, 11) is 0. The van der Waals surface area contributed by atoms with Gasteiger partial charge in [0.15, 0.2) is 17.5 Å². The van der Waals surface area contributed by atoms with Crippen LogP contribution in [-0.4, -0.2) is 23.6 Å². The Morgan fingerprint density at radius 1 is 1.22 bits per heavy atom. The second-order valence-corrected chi connectivity index (χ2v) is 4.98. The third-order valence-corrected chi connectivity index (χ3v) is 3.21. The topological polar surface area (TPSA) is 60.4 Å². The summed E-state index contributed by atoms with van der Waals surface area (Å²) in [4.78, 5) is 35.0. The molecule has 1 saturated heterocycles. The molecule has 4 nitrogen and oxygen atoms in total. The van der Waals surface area contributed by atoms with Gasteiger partial charge in [0, 0.05) is 12.8 Å². The van der Waals surface area contributed by atoms with Crippen molar-refractivity contribution < 1.29 is 19.1 Å². The van der Waals surface area contributed by atoms with Crippen molar-refractivity contribution >= 4 is 17.5 Å². The van der Waals surface area contributed by atoms with Gasteiger partial charge in [-0.1, -0.05) is 32.6 Å². The largest absolute Gasteiger partial charge is 0.461 e. The summed E-state index contributed by atoms with van der Waals surface area (Å²) in [5.74, 6) is -2.35. The first kappa shape index (κ1) is 14.9. The molecule has 1 aliphatic heterocycles. The van der Waals surface area contributed by atoms with E-state index in [1.807, 2.05) is 0 Å². The van der Waals surface area contributed by atoms with Crippen molar-refractivity contribution in [2.75, 3.05) is 0 Å². The molecule has 1 aliphatic rings. The van der Waals surface area contributed by atoms with E-state index in [4.69, 9.17) is 4.74 Å². The maximum absolute atomic E-state index is 11.8. The van der Waals surface area contributed by atoms with Gasteiger partial charge in [-0.15, -0.1) is 0 Å². The van der Waals surface area contributed by atoms with Crippen molar-refractivity contribution in [3.05, 3.63) is 0 Å². The van der Waals surface area contributed by atoms with Crippen molar-refractivity contribution in [1.29, 1.82) is 0 Å². The molecule has 0 aromatic heterocycles. The second kappa shape index (κ2) is 7.29. The van der Waals surface area contributed by atoms with E-state index in [0.717, 1.165) is 32.1 Å². The summed E-state index contributed by atoms with van der Waals surface area (Å²) in [6.45, 7) is 3.80. The minimum Gasteiger partial charge on any atom is -0.461 e. The van der Waals surface area contributed by atoms with Crippen LogP contribution in [0.3, 0.4) is 0 Å². The number of unbranched alkanes of at least 4 members (excludes halogenated alkanes) is 4. The van der Waals surface area contributed by atoms with E-state index in [0.29, 0.717) is 6.42 Å². The number of hydrogen-bond donors (Lipinski definition) is 0. The lowest BCUT2D eigenvalue weighted by atomic mass is 9.90. The van der Waals surface area contributed by atoms with Gasteiger partial charge in [0.25, 0.3) is 0 Å². The zero-order valence-electron chi connectivity index (χ0n) is 11.2. The first-order chi connectivity index (χ1) is 8.56. The van der Waals surface area contributed by atoms with Gasteiger partial charge in [-0.2, -0.15) is 0 Å². The SMILES string of the molecule is CCCCCCCC(=O)C1C(=O)CC(C)OC1=O.